The highest BCUT2D eigenvalue weighted by Gasteiger charge is 2.31. The Morgan fingerprint density at radius 3 is 2.85 bits per heavy atom. The molecule has 1 aromatic rings. The Hall–Kier alpha value is -2.39. The summed E-state index contributed by atoms with van der Waals surface area (Å²) >= 11 is 0. The maximum Gasteiger partial charge on any atom is 0.414 e. The molecule has 0 N–H and O–H groups in total. The topological polar surface area (TPSA) is 48.0 Å². The number of carbonyl (C=O) groups is 1. The molecule has 5 nitrogen and oxygen atoms in total. The lowest BCUT2D eigenvalue weighted by atomic mass is 10.1. The Balaban J connectivity index is 2.17. The molecule has 1 saturated heterocycles. The Kier molecular flexibility index (Phi) is 4.33. The second-order valence-electron chi connectivity index (χ2n) is 4.36. The van der Waals surface area contributed by atoms with E-state index >= 15 is 0 Å². The minimum atomic E-state index is -0.369. The molecule has 1 heterocycles. The van der Waals surface area contributed by atoms with E-state index in [0.717, 1.165) is 5.56 Å². The fourth-order valence-electron chi connectivity index (χ4n) is 2.16. The summed E-state index contributed by atoms with van der Waals surface area (Å²) in [6.45, 7) is 3.84. The van der Waals surface area contributed by atoms with Gasteiger partial charge in [-0.1, -0.05) is 12.6 Å². The summed E-state index contributed by atoms with van der Waals surface area (Å²) in [4.78, 5) is 13.1. The highest BCUT2D eigenvalue weighted by atomic mass is 16.6. The molecule has 0 spiro atoms. The second kappa shape index (κ2) is 6.17. The molecule has 1 amide bonds. The lowest BCUT2D eigenvalue weighted by Crippen LogP contribution is -2.30. The summed E-state index contributed by atoms with van der Waals surface area (Å²) in [5, 5.41) is 0. The standard InChI is InChI=1S/C15H17NO4/c1-4-7-16-12(10-20-15(16)17)8-11-5-6-13(18-2)14(9-11)19-3/h5-7,9,12H,1,8,10H2,2-3H3/t12-/m0/s1. The van der Waals surface area contributed by atoms with Gasteiger partial charge in [0.15, 0.2) is 11.5 Å². The van der Waals surface area contributed by atoms with Gasteiger partial charge < -0.3 is 14.2 Å². The highest BCUT2D eigenvalue weighted by molar-refractivity contribution is 5.71. The first kappa shape index (κ1) is 14.0. The van der Waals surface area contributed by atoms with Crippen molar-refractivity contribution < 1.29 is 19.0 Å². The quantitative estimate of drug-likeness (QED) is 0.774. The van der Waals surface area contributed by atoms with Crippen LogP contribution in [0.1, 0.15) is 5.56 Å². The van der Waals surface area contributed by atoms with Gasteiger partial charge in [-0.15, -0.1) is 5.73 Å². The number of carbonyl (C=O) groups excluding carboxylic acids is 1. The van der Waals surface area contributed by atoms with Crippen LogP contribution < -0.4 is 9.47 Å². The fourth-order valence-corrected chi connectivity index (χ4v) is 2.16. The third kappa shape index (κ3) is 2.78. The minimum Gasteiger partial charge on any atom is -0.493 e. The maximum absolute atomic E-state index is 11.5. The van der Waals surface area contributed by atoms with Crippen LogP contribution in [0.5, 0.6) is 11.5 Å². The normalized spacial score (nSPS) is 17.4. The molecule has 20 heavy (non-hydrogen) atoms. The van der Waals surface area contributed by atoms with Gasteiger partial charge in [0.1, 0.15) is 6.61 Å². The number of cyclic esters (lactones) is 1. The van der Waals surface area contributed by atoms with Gasteiger partial charge in [0.05, 0.1) is 26.5 Å². The van der Waals surface area contributed by atoms with Crippen LogP contribution in [0.2, 0.25) is 0 Å². The van der Waals surface area contributed by atoms with Gasteiger partial charge in [-0.2, -0.15) is 0 Å². The van der Waals surface area contributed by atoms with E-state index in [4.69, 9.17) is 14.2 Å². The van der Waals surface area contributed by atoms with Gasteiger partial charge >= 0.3 is 6.09 Å². The van der Waals surface area contributed by atoms with Crippen LogP contribution in [0.25, 0.3) is 0 Å². The Labute approximate surface area is 118 Å². The van der Waals surface area contributed by atoms with E-state index in [1.165, 1.54) is 11.1 Å². The monoisotopic (exact) mass is 275 g/mol. The summed E-state index contributed by atoms with van der Waals surface area (Å²) < 4.78 is 15.5. The van der Waals surface area contributed by atoms with E-state index in [1.807, 2.05) is 18.2 Å². The fraction of sp³-hybridized carbons (Fsp3) is 0.333. The Bertz CT molecular complexity index is 549. The predicted molar refractivity (Wildman–Crippen MR) is 73.9 cm³/mol. The largest absolute Gasteiger partial charge is 0.493 e. The van der Waals surface area contributed by atoms with Crippen LogP contribution in [-0.2, 0) is 11.2 Å². The van der Waals surface area contributed by atoms with Crippen molar-refractivity contribution in [3.05, 3.63) is 42.3 Å². The first-order chi connectivity index (χ1) is 9.69. The SMILES string of the molecule is C=C=CN1C(=O)OC[C@@H]1Cc1ccc(OC)c(OC)c1. The van der Waals surface area contributed by atoms with Crippen LogP contribution in [-0.4, -0.2) is 37.9 Å². The van der Waals surface area contributed by atoms with Crippen LogP contribution in [0.15, 0.2) is 36.7 Å². The zero-order chi connectivity index (χ0) is 14.5. The zero-order valence-electron chi connectivity index (χ0n) is 11.6. The number of nitrogens with zero attached hydrogens (tertiary/aromatic N) is 1. The van der Waals surface area contributed by atoms with Crippen LogP contribution in [0.4, 0.5) is 4.79 Å². The summed E-state index contributed by atoms with van der Waals surface area (Å²) in [7, 11) is 3.19. The van der Waals surface area contributed by atoms with E-state index in [1.54, 1.807) is 14.2 Å². The van der Waals surface area contributed by atoms with Crippen molar-refractivity contribution in [2.45, 2.75) is 12.5 Å². The molecule has 2 rings (SSSR count). The van der Waals surface area contributed by atoms with Gasteiger partial charge in [0.25, 0.3) is 0 Å². The number of benzene rings is 1. The molecule has 0 radical (unpaired) electrons. The molecule has 0 unspecified atom stereocenters. The van der Waals surface area contributed by atoms with Gasteiger partial charge in [-0.3, -0.25) is 4.90 Å². The van der Waals surface area contributed by atoms with Gasteiger partial charge in [0, 0.05) is 0 Å². The van der Waals surface area contributed by atoms with Crippen molar-refractivity contribution in [2.24, 2.45) is 0 Å². The van der Waals surface area contributed by atoms with E-state index < -0.39 is 0 Å². The molecule has 0 aromatic heterocycles. The van der Waals surface area contributed by atoms with E-state index in [2.05, 4.69) is 12.3 Å². The molecular weight excluding hydrogens is 258 g/mol. The first-order valence-corrected chi connectivity index (χ1v) is 6.21. The third-order valence-electron chi connectivity index (χ3n) is 3.15. The van der Waals surface area contributed by atoms with Crippen molar-refractivity contribution in [1.82, 2.24) is 4.90 Å². The van der Waals surface area contributed by atoms with E-state index in [-0.39, 0.29) is 12.1 Å². The molecule has 1 aliphatic rings. The zero-order valence-corrected chi connectivity index (χ0v) is 11.6. The molecule has 0 saturated carbocycles. The molecule has 106 valence electrons. The smallest absolute Gasteiger partial charge is 0.414 e. The average Bonchev–Trinajstić information content (AvgIpc) is 2.80. The maximum atomic E-state index is 11.5. The highest BCUT2D eigenvalue weighted by Crippen LogP contribution is 2.29. The molecule has 5 heteroatoms. The van der Waals surface area contributed by atoms with Crippen molar-refractivity contribution >= 4 is 6.09 Å². The molecule has 1 aromatic carbocycles. The van der Waals surface area contributed by atoms with Crippen molar-refractivity contribution in [1.29, 1.82) is 0 Å². The summed E-state index contributed by atoms with van der Waals surface area (Å²) in [5.41, 5.74) is 3.64. The lowest BCUT2D eigenvalue weighted by Gasteiger charge is -2.17. The molecule has 1 atom stereocenters. The average molecular weight is 275 g/mol. The number of methoxy groups -OCH3 is 2. The molecular formula is C15H17NO4. The molecule has 0 aliphatic carbocycles. The lowest BCUT2D eigenvalue weighted by molar-refractivity contribution is 0.166. The first-order valence-electron chi connectivity index (χ1n) is 6.21. The van der Waals surface area contributed by atoms with E-state index in [0.29, 0.717) is 24.5 Å². The van der Waals surface area contributed by atoms with E-state index in [9.17, 15) is 4.79 Å². The Morgan fingerprint density at radius 1 is 1.45 bits per heavy atom. The number of hydrogen-bond donors (Lipinski definition) is 0. The van der Waals surface area contributed by atoms with Crippen LogP contribution >= 0.6 is 0 Å². The molecule has 1 fully saturated rings. The van der Waals surface area contributed by atoms with Crippen molar-refractivity contribution in [2.75, 3.05) is 20.8 Å². The number of ether oxygens (including phenoxy) is 3. The number of rotatable bonds is 5. The summed E-state index contributed by atoms with van der Waals surface area (Å²) in [6.07, 6.45) is 1.80. The number of amides is 1. The molecule has 1 aliphatic heterocycles. The summed E-state index contributed by atoms with van der Waals surface area (Å²) in [6, 6.07) is 5.63. The van der Waals surface area contributed by atoms with Crippen molar-refractivity contribution in [3.63, 3.8) is 0 Å². The third-order valence-corrected chi connectivity index (χ3v) is 3.15. The van der Waals surface area contributed by atoms with Gasteiger partial charge in [-0.25, -0.2) is 4.79 Å². The van der Waals surface area contributed by atoms with Crippen LogP contribution in [0, 0.1) is 0 Å². The predicted octanol–water partition coefficient (Wildman–Crippen LogP) is 2.37. The van der Waals surface area contributed by atoms with Gasteiger partial charge in [0.2, 0.25) is 0 Å². The minimum absolute atomic E-state index is 0.0603. The summed E-state index contributed by atoms with van der Waals surface area (Å²) in [5.74, 6) is 1.35. The second-order valence-corrected chi connectivity index (χ2v) is 4.36. The van der Waals surface area contributed by atoms with Gasteiger partial charge in [-0.05, 0) is 24.1 Å². The number of hydrogen-bond acceptors (Lipinski definition) is 4. The Morgan fingerprint density at radius 2 is 2.20 bits per heavy atom. The van der Waals surface area contributed by atoms with Crippen LogP contribution in [0.3, 0.4) is 0 Å². The van der Waals surface area contributed by atoms with Crippen molar-refractivity contribution in [3.8, 4) is 11.5 Å². The molecule has 0 bridgehead atoms.